The van der Waals surface area contributed by atoms with E-state index in [0.29, 0.717) is 11.4 Å². The van der Waals surface area contributed by atoms with Gasteiger partial charge in [-0.2, -0.15) is 0 Å². The Morgan fingerprint density at radius 3 is 2.31 bits per heavy atom. The number of para-hydroxylation sites is 1. The first-order valence-electron chi connectivity index (χ1n) is 8.78. The molecule has 0 unspecified atom stereocenters. The van der Waals surface area contributed by atoms with Crippen molar-refractivity contribution in [2.24, 2.45) is 0 Å². The first-order valence-corrected chi connectivity index (χ1v) is 10.3. The molecular formula is C20H20N4O4S. The highest BCUT2D eigenvalue weighted by atomic mass is 32.2. The Morgan fingerprint density at radius 1 is 1.00 bits per heavy atom. The highest BCUT2D eigenvalue weighted by Gasteiger charge is 2.18. The molecule has 0 fully saturated rings. The largest absolute Gasteiger partial charge is 0.481 e. The molecule has 2 N–H and O–H groups in total. The summed E-state index contributed by atoms with van der Waals surface area (Å²) in [6.45, 7) is 3.54. The van der Waals surface area contributed by atoms with Crippen molar-refractivity contribution in [2.75, 3.05) is 10.0 Å². The van der Waals surface area contributed by atoms with Crippen molar-refractivity contribution in [1.29, 1.82) is 0 Å². The molecule has 0 aliphatic heterocycles. The van der Waals surface area contributed by atoms with Crippen LogP contribution in [0.5, 0.6) is 5.75 Å². The molecule has 0 spiro atoms. The molecule has 1 amide bonds. The summed E-state index contributed by atoms with van der Waals surface area (Å²) in [4.78, 5) is 20.1. The number of aryl methyl sites for hydroxylation is 1. The van der Waals surface area contributed by atoms with Crippen LogP contribution < -0.4 is 14.8 Å². The summed E-state index contributed by atoms with van der Waals surface area (Å²) < 4.78 is 32.7. The van der Waals surface area contributed by atoms with Crippen LogP contribution in [-0.4, -0.2) is 30.4 Å². The summed E-state index contributed by atoms with van der Waals surface area (Å²) in [6, 6.07) is 14.8. The van der Waals surface area contributed by atoms with Gasteiger partial charge in [-0.1, -0.05) is 18.2 Å². The molecule has 0 bridgehead atoms. The fourth-order valence-electron chi connectivity index (χ4n) is 2.42. The van der Waals surface area contributed by atoms with E-state index in [1.807, 2.05) is 25.1 Å². The Balaban J connectivity index is 1.64. The SMILES string of the molecule is Cc1ccccc1O[C@@H](C)C(=O)Nc1ccc(S(=O)(=O)Nc2ncccn2)cc1. The topological polar surface area (TPSA) is 110 Å². The maximum absolute atomic E-state index is 12.4. The van der Waals surface area contributed by atoms with E-state index in [9.17, 15) is 13.2 Å². The molecule has 0 radical (unpaired) electrons. The van der Waals surface area contributed by atoms with Gasteiger partial charge >= 0.3 is 0 Å². The lowest BCUT2D eigenvalue weighted by Crippen LogP contribution is -2.30. The Hall–Kier alpha value is -3.46. The van der Waals surface area contributed by atoms with Gasteiger partial charge in [-0.25, -0.2) is 23.1 Å². The normalized spacial score (nSPS) is 12.1. The highest BCUT2D eigenvalue weighted by molar-refractivity contribution is 7.92. The number of rotatable bonds is 7. The van der Waals surface area contributed by atoms with E-state index in [4.69, 9.17) is 4.74 Å². The molecule has 8 nitrogen and oxygen atoms in total. The molecule has 2 aromatic carbocycles. The van der Waals surface area contributed by atoms with Crippen LogP contribution in [0.25, 0.3) is 0 Å². The molecule has 29 heavy (non-hydrogen) atoms. The highest BCUT2D eigenvalue weighted by Crippen LogP contribution is 2.19. The molecular weight excluding hydrogens is 392 g/mol. The number of ether oxygens (including phenoxy) is 1. The minimum absolute atomic E-state index is 0.0205. The van der Waals surface area contributed by atoms with Crippen molar-refractivity contribution >= 4 is 27.6 Å². The van der Waals surface area contributed by atoms with E-state index in [1.54, 1.807) is 19.1 Å². The van der Waals surface area contributed by atoms with Gasteiger partial charge in [0, 0.05) is 18.1 Å². The third-order valence-electron chi connectivity index (χ3n) is 3.99. The smallest absolute Gasteiger partial charge is 0.265 e. The average molecular weight is 412 g/mol. The van der Waals surface area contributed by atoms with E-state index < -0.39 is 16.1 Å². The number of hydrogen-bond acceptors (Lipinski definition) is 6. The maximum Gasteiger partial charge on any atom is 0.265 e. The van der Waals surface area contributed by atoms with Crippen molar-refractivity contribution in [3.05, 3.63) is 72.6 Å². The van der Waals surface area contributed by atoms with E-state index in [1.165, 1.54) is 36.7 Å². The van der Waals surface area contributed by atoms with Gasteiger partial charge in [0.15, 0.2) is 6.10 Å². The first-order chi connectivity index (χ1) is 13.8. The van der Waals surface area contributed by atoms with Crippen molar-refractivity contribution < 1.29 is 17.9 Å². The molecule has 150 valence electrons. The van der Waals surface area contributed by atoms with Gasteiger partial charge in [-0.15, -0.1) is 0 Å². The summed E-state index contributed by atoms with van der Waals surface area (Å²) in [6.07, 6.45) is 2.14. The van der Waals surface area contributed by atoms with Crippen LogP contribution in [0.3, 0.4) is 0 Å². The lowest BCUT2D eigenvalue weighted by Gasteiger charge is -2.16. The Bertz CT molecular complexity index is 1090. The fourth-order valence-corrected chi connectivity index (χ4v) is 3.38. The molecule has 9 heteroatoms. The van der Waals surface area contributed by atoms with E-state index >= 15 is 0 Å². The van der Waals surface area contributed by atoms with Crippen LogP contribution in [0.1, 0.15) is 12.5 Å². The zero-order chi connectivity index (χ0) is 20.9. The van der Waals surface area contributed by atoms with Crippen LogP contribution in [0.4, 0.5) is 11.6 Å². The van der Waals surface area contributed by atoms with Gasteiger partial charge in [0.1, 0.15) is 5.75 Å². The summed E-state index contributed by atoms with van der Waals surface area (Å²) in [5.74, 6) is 0.262. The van der Waals surface area contributed by atoms with Crippen LogP contribution in [0.2, 0.25) is 0 Å². The molecule has 0 saturated carbocycles. The number of carbonyl (C=O) groups excluding carboxylic acids is 1. The molecule has 3 rings (SSSR count). The fraction of sp³-hybridized carbons (Fsp3) is 0.150. The maximum atomic E-state index is 12.4. The number of hydrogen-bond donors (Lipinski definition) is 2. The monoisotopic (exact) mass is 412 g/mol. The van der Waals surface area contributed by atoms with Crippen LogP contribution >= 0.6 is 0 Å². The minimum Gasteiger partial charge on any atom is -0.481 e. The lowest BCUT2D eigenvalue weighted by atomic mass is 10.2. The predicted molar refractivity (Wildman–Crippen MR) is 109 cm³/mol. The number of benzene rings is 2. The van der Waals surface area contributed by atoms with Gasteiger partial charge in [0.25, 0.3) is 15.9 Å². The van der Waals surface area contributed by atoms with Crippen molar-refractivity contribution in [1.82, 2.24) is 9.97 Å². The standard InChI is InChI=1S/C20H20N4O4S/c1-14-6-3-4-7-18(14)28-15(2)19(25)23-16-8-10-17(11-9-16)29(26,27)24-20-21-12-5-13-22-20/h3-13,15H,1-2H3,(H,23,25)(H,21,22,24)/t15-/m0/s1. The summed E-state index contributed by atoms with van der Waals surface area (Å²) in [7, 11) is -3.83. The van der Waals surface area contributed by atoms with Crippen molar-refractivity contribution in [3.63, 3.8) is 0 Å². The Labute approximate surface area is 169 Å². The van der Waals surface area contributed by atoms with Gasteiger partial charge in [-0.05, 0) is 55.8 Å². The number of sulfonamides is 1. The second kappa shape index (κ2) is 8.70. The third kappa shape index (κ3) is 5.29. The van der Waals surface area contributed by atoms with E-state index in [0.717, 1.165) is 5.56 Å². The predicted octanol–water partition coefficient (Wildman–Crippen LogP) is 2.99. The molecule has 0 aliphatic carbocycles. The summed E-state index contributed by atoms with van der Waals surface area (Å²) in [5, 5.41) is 2.71. The van der Waals surface area contributed by atoms with Gasteiger partial charge in [0.2, 0.25) is 5.95 Å². The number of amides is 1. The molecule has 1 heterocycles. The second-order valence-electron chi connectivity index (χ2n) is 6.22. The van der Waals surface area contributed by atoms with Gasteiger partial charge in [-0.3, -0.25) is 4.79 Å². The number of nitrogens with zero attached hydrogens (tertiary/aromatic N) is 2. The second-order valence-corrected chi connectivity index (χ2v) is 7.90. The van der Waals surface area contributed by atoms with Crippen molar-refractivity contribution in [2.45, 2.75) is 24.8 Å². The molecule has 3 aromatic rings. The zero-order valence-corrected chi connectivity index (χ0v) is 16.7. The summed E-state index contributed by atoms with van der Waals surface area (Å²) >= 11 is 0. The average Bonchev–Trinajstić information content (AvgIpc) is 2.70. The first kappa shape index (κ1) is 20.3. The lowest BCUT2D eigenvalue weighted by molar-refractivity contribution is -0.122. The molecule has 0 saturated heterocycles. The number of nitrogens with one attached hydrogen (secondary N) is 2. The van der Waals surface area contributed by atoms with E-state index in [2.05, 4.69) is 20.0 Å². The van der Waals surface area contributed by atoms with Crippen molar-refractivity contribution in [3.8, 4) is 5.75 Å². The third-order valence-corrected chi connectivity index (χ3v) is 5.33. The molecule has 1 aromatic heterocycles. The quantitative estimate of drug-likeness (QED) is 0.617. The Morgan fingerprint density at radius 2 is 1.66 bits per heavy atom. The minimum atomic E-state index is -3.83. The number of anilines is 2. The van der Waals surface area contributed by atoms with Crippen LogP contribution in [0.15, 0.2) is 71.9 Å². The molecule has 0 aliphatic rings. The van der Waals surface area contributed by atoms with Gasteiger partial charge < -0.3 is 10.1 Å². The Kier molecular flexibility index (Phi) is 6.08. The van der Waals surface area contributed by atoms with Crippen LogP contribution in [-0.2, 0) is 14.8 Å². The van der Waals surface area contributed by atoms with Crippen LogP contribution in [0, 0.1) is 6.92 Å². The molecule has 1 atom stereocenters. The van der Waals surface area contributed by atoms with Gasteiger partial charge in [0.05, 0.1) is 4.90 Å². The number of aromatic nitrogens is 2. The number of carbonyl (C=O) groups is 1. The van der Waals surface area contributed by atoms with E-state index in [-0.39, 0.29) is 16.8 Å². The summed E-state index contributed by atoms with van der Waals surface area (Å²) in [5.41, 5.74) is 1.38. The zero-order valence-electron chi connectivity index (χ0n) is 15.9.